The first-order valence-corrected chi connectivity index (χ1v) is 9.44. The fourth-order valence-corrected chi connectivity index (χ4v) is 3.13. The lowest BCUT2D eigenvalue weighted by Crippen LogP contribution is -2.34. The molecule has 0 spiro atoms. The number of nitrogens with one attached hydrogen (secondary N) is 1. The molecule has 5 nitrogen and oxygen atoms in total. The van der Waals surface area contributed by atoms with Crippen LogP contribution in [-0.2, 0) is 18.3 Å². The van der Waals surface area contributed by atoms with Crippen LogP contribution < -0.4 is 5.32 Å². The van der Waals surface area contributed by atoms with Crippen molar-refractivity contribution in [2.45, 2.75) is 31.5 Å². The van der Waals surface area contributed by atoms with Gasteiger partial charge in [-0.2, -0.15) is 0 Å². The lowest BCUT2D eigenvalue weighted by atomic mass is 10.0. The quantitative estimate of drug-likeness (QED) is 0.711. The van der Waals surface area contributed by atoms with Crippen molar-refractivity contribution < 1.29 is 4.79 Å². The summed E-state index contributed by atoms with van der Waals surface area (Å²) in [6, 6.07) is 9.78. The van der Waals surface area contributed by atoms with Crippen LogP contribution in [0.2, 0.25) is 0 Å². The normalized spacial score (nSPS) is 12.2. The van der Waals surface area contributed by atoms with Gasteiger partial charge in [-0.3, -0.25) is 4.79 Å². The summed E-state index contributed by atoms with van der Waals surface area (Å²) in [6.07, 6.45) is 0.651. The first-order chi connectivity index (χ1) is 11.9. The van der Waals surface area contributed by atoms with Gasteiger partial charge in [0.15, 0.2) is 11.0 Å². The van der Waals surface area contributed by atoms with E-state index in [9.17, 15) is 4.79 Å². The van der Waals surface area contributed by atoms with Crippen LogP contribution in [0.25, 0.3) is 0 Å². The highest BCUT2D eigenvalue weighted by Gasteiger charge is 2.23. The number of nitrogens with zero attached hydrogens (tertiary/aromatic N) is 3. The Bertz CT molecular complexity index is 730. The molecule has 0 aliphatic heterocycles. The van der Waals surface area contributed by atoms with E-state index >= 15 is 0 Å². The van der Waals surface area contributed by atoms with Crippen LogP contribution in [0.4, 0.5) is 0 Å². The third-order valence-electron chi connectivity index (χ3n) is 3.66. The molecular weight excluding hydrogens is 356 g/mol. The highest BCUT2D eigenvalue weighted by Crippen LogP contribution is 2.24. The molecular formula is C18H23ClN4OS. The van der Waals surface area contributed by atoms with Crippen LogP contribution in [0, 0.1) is 5.92 Å². The zero-order chi connectivity index (χ0) is 18.4. The molecule has 1 atom stereocenters. The molecule has 1 heterocycles. The topological polar surface area (TPSA) is 59.8 Å². The van der Waals surface area contributed by atoms with E-state index in [4.69, 9.17) is 11.6 Å². The standard InChI is InChI=1S/C18H23ClN4OS/c1-12(2)17(24)20-15(10-14-8-6-5-7-9-14)16-21-22-18(23(16)4)25-11-13(3)19/h5-9,12,15H,3,10-11H2,1-2,4H3,(H,20,24). The summed E-state index contributed by atoms with van der Waals surface area (Å²) in [5.41, 5.74) is 1.13. The second kappa shape index (κ2) is 9.06. The first-order valence-electron chi connectivity index (χ1n) is 8.08. The van der Waals surface area contributed by atoms with Gasteiger partial charge in [0.1, 0.15) is 0 Å². The fraction of sp³-hybridized carbons (Fsp3) is 0.389. The number of hydrogen-bond donors (Lipinski definition) is 1. The number of carbonyl (C=O) groups is 1. The second-order valence-electron chi connectivity index (χ2n) is 6.11. The highest BCUT2D eigenvalue weighted by atomic mass is 35.5. The number of benzene rings is 1. The molecule has 0 aliphatic carbocycles. The lowest BCUT2D eigenvalue weighted by Gasteiger charge is -2.19. The first kappa shape index (κ1) is 19.5. The van der Waals surface area contributed by atoms with E-state index in [0.717, 1.165) is 16.5 Å². The molecule has 0 aliphatic rings. The van der Waals surface area contributed by atoms with Crippen molar-refractivity contribution in [3.8, 4) is 0 Å². The number of halogens is 1. The van der Waals surface area contributed by atoms with E-state index < -0.39 is 0 Å². The molecule has 0 bridgehead atoms. The van der Waals surface area contributed by atoms with Crippen LogP contribution in [0.15, 0.2) is 47.1 Å². The summed E-state index contributed by atoms with van der Waals surface area (Å²) < 4.78 is 1.90. The Morgan fingerprint density at radius 2 is 2.00 bits per heavy atom. The number of hydrogen-bond acceptors (Lipinski definition) is 4. The van der Waals surface area contributed by atoms with Gasteiger partial charge in [0.2, 0.25) is 5.91 Å². The number of carbonyl (C=O) groups excluding carboxylic acids is 1. The minimum absolute atomic E-state index is 0.00716. The number of thioether (sulfide) groups is 1. The van der Waals surface area contributed by atoms with Gasteiger partial charge < -0.3 is 9.88 Å². The number of aromatic nitrogens is 3. The summed E-state index contributed by atoms with van der Waals surface area (Å²) in [7, 11) is 1.90. The average molecular weight is 379 g/mol. The molecule has 2 rings (SSSR count). The molecule has 25 heavy (non-hydrogen) atoms. The molecule has 0 radical (unpaired) electrons. The summed E-state index contributed by atoms with van der Waals surface area (Å²) >= 11 is 7.30. The Balaban J connectivity index is 2.25. The van der Waals surface area contributed by atoms with Gasteiger partial charge in [-0.1, -0.05) is 74.1 Å². The third kappa shape index (κ3) is 5.61. The number of rotatable bonds is 8. The van der Waals surface area contributed by atoms with Crippen LogP contribution >= 0.6 is 23.4 Å². The Labute approximate surface area is 157 Å². The molecule has 0 saturated heterocycles. The Kier molecular flexibility index (Phi) is 7.08. The second-order valence-corrected chi connectivity index (χ2v) is 7.59. The van der Waals surface area contributed by atoms with Crippen molar-refractivity contribution in [2.24, 2.45) is 13.0 Å². The maximum atomic E-state index is 12.2. The van der Waals surface area contributed by atoms with Crippen molar-refractivity contribution in [1.82, 2.24) is 20.1 Å². The van der Waals surface area contributed by atoms with E-state index in [0.29, 0.717) is 17.2 Å². The van der Waals surface area contributed by atoms with Crippen LogP contribution in [0.1, 0.15) is 31.3 Å². The monoisotopic (exact) mass is 378 g/mol. The smallest absolute Gasteiger partial charge is 0.223 e. The van der Waals surface area contributed by atoms with E-state index in [1.165, 1.54) is 11.8 Å². The Morgan fingerprint density at radius 1 is 1.32 bits per heavy atom. The van der Waals surface area contributed by atoms with E-state index in [1.807, 2.05) is 55.8 Å². The van der Waals surface area contributed by atoms with Crippen molar-refractivity contribution >= 4 is 29.3 Å². The molecule has 7 heteroatoms. The average Bonchev–Trinajstić information content (AvgIpc) is 2.93. The fourth-order valence-electron chi connectivity index (χ4n) is 2.29. The SMILES string of the molecule is C=C(Cl)CSc1nnc(C(Cc2ccccc2)NC(=O)C(C)C)n1C. The van der Waals surface area contributed by atoms with Crippen LogP contribution in [0.5, 0.6) is 0 Å². The molecule has 1 amide bonds. The van der Waals surface area contributed by atoms with Crippen molar-refractivity contribution in [2.75, 3.05) is 5.75 Å². The van der Waals surface area contributed by atoms with Crippen molar-refractivity contribution in [1.29, 1.82) is 0 Å². The highest BCUT2D eigenvalue weighted by molar-refractivity contribution is 7.99. The molecule has 1 aromatic carbocycles. The largest absolute Gasteiger partial charge is 0.346 e. The number of amides is 1. The molecule has 0 saturated carbocycles. The van der Waals surface area contributed by atoms with Gasteiger partial charge in [-0.15, -0.1) is 10.2 Å². The zero-order valence-corrected chi connectivity index (χ0v) is 16.3. The van der Waals surface area contributed by atoms with Gasteiger partial charge in [0.25, 0.3) is 0 Å². The summed E-state index contributed by atoms with van der Waals surface area (Å²) in [5, 5.41) is 12.9. The van der Waals surface area contributed by atoms with Crippen LogP contribution in [-0.4, -0.2) is 26.4 Å². The minimum Gasteiger partial charge on any atom is -0.346 e. The molecule has 1 N–H and O–H groups in total. The van der Waals surface area contributed by atoms with Gasteiger partial charge in [-0.25, -0.2) is 0 Å². The molecule has 0 fully saturated rings. The summed E-state index contributed by atoms with van der Waals surface area (Å²) in [5.74, 6) is 1.18. The molecule has 134 valence electrons. The third-order valence-corrected chi connectivity index (χ3v) is 5.06. The Hall–Kier alpha value is -1.79. The predicted molar refractivity (Wildman–Crippen MR) is 103 cm³/mol. The van der Waals surface area contributed by atoms with Crippen LogP contribution in [0.3, 0.4) is 0 Å². The predicted octanol–water partition coefficient (Wildman–Crippen LogP) is 3.72. The van der Waals surface area contributed by atoms with Gasteiger partial charge in [0, 0.05) is 23.8 Å². The van der Waals surface area contributed by atoms with Crippen molar-refractivity contribution in [3.05, 3.63) is 53.3 Å². The van der Waals surface area contributed by atoms with E-state index in [2.05, 4.69) is 22.1 Å². The molecule has 1 aromatic heterocycles. The van der Waals surface area contributed by atoms with Crippen molar-refractivity contribution in [3.63, 3.8) is 0 Å². The molecule has 1 unspecified atom stereocenters. The zero-order valence-electron chi connectivity index (χ0n) is 14.7. The maximum Gasteiger partial charge on any atom is 0.223 e. The van der Waals surface area contributed by atoms with Gasteiger partial charge in [0.05, 0.1) is 6.04 Å². The summed E-state index contributed by atoms with van der Waals surface area (Å²) in [6.45, 7) is 7.43. The minimum atomic E-state index is -0.247. The maximum absolute atomic E-state index is 12.2. The lowest BCUT2D eigenvalue weighted by molar-refractivity contribution is -0.124. The van der Waals surface area contributed by atoms with E-state index in [1.54, 1.807) is 0 Å². The van der Waals surface area contributed by atoms with E-state index in [-0.39, 0.29) is 17.9 Å². The summed E-state index contributed by atoms with van der Waals surface area (Å²) in [4.78, 5) is 12.2. The van der Waals surface area contributed by atoms with Gasteiger partial charge >= 0.3 is 0 Å². The van der Waals surface area contributed by atoms with Gasteiger partial charge in [-0.05, 0) is 12.0 Å². The Morgan fingerprint density at radius 3 is 2.60 bits per heavy atom. The molecule has 2 aromatic rings.